The predicted octanol–water partition coefficient (Wildman–Crippen LogP) is 2.43. The summed E-state index contributed by atoms with van der Waals surface area (Å²) in [4.78, 5) is 12.1. The number of nitrogens with zero attached hydrogens (tertiary/aromatic N) is 2. The molecular weight excluding hydrogens is 390 g/mol. The van der Waals surface area contributed by atoms with E-state index in [1.807, 2.05) is 0 Å². The van der Waals surface area contributed by atoms with E-state index in [-0.39, 0.29) is 11.4 Å². The summed E-state index contributed by atoms with van der Waals surface area (Å²) in [6.45, 7) is 1.38. The molecule has 2 aromatic rings. The molecule has 0 atom stereocenters. The average molecular weight is 410 g/mol. The second-order valence-corrected chi connectivity index (χ2v) is 8.22. The number of aryl methyl sites for hydroxylation is 1. The van der Waals surface area contributed by atoms with Crippen molar-refractivity contribution < 1.29 is 17.9 Å². The van der Waals surface area contributed by atoms with Crippen molar-refractivity contribution in [3.05, 3.63) is 58.6 Å². The first-order valence-electron chi connectivity index (χ1n) is 7.92. The van der Waals surface area contributed by atoms with E-state index in [0.29, 0.717) is 16.3 Å². The maximum Gasteiger partial charge on any atom is 0.255 e. The van der Waals surface area contributed by atoms with Crippen LogP contribution in [0.4, 0.5) is 0 Å². The second kappa shape index (κ2) is 8.98. The van der Waals surface area contributed by atoms with Crippen LogP contribution in [-0.4, -0.2) is 45.5 Å². The van der Waals surface area contributed by atoms with Gasteiger partial charge in [-0.1, -0.05) is 23.7 Å². The number of carbonyl (C=O) groups excluding carboxylic acids is 1. The second-order valence-electron chi connectivity index (χ2n) is 5.74. The van der Waals surface area contributed by atoms with Crippen molar-refractivity contribution in [2.24, 2.45) is 5.10 Å². The maximum atomic E-state index is 12.6. The zero-order chi connectivity index (χ0) is 20.0. The molecule has 1 N–H and O–H groups in total. The van der Waals surface area contributed by atoms with E-state index >= 15 is 0 Å². The van der Waals surface area contributed by atoms with Crippen molar-refractivity contribution in [2.75, 3.05) is 20.7 Å². The lowest BCUT2D eigenvalue weighted by atomic mass is 10.2. The fourth-order valence-corrected chi connectivity index (χ4v) is 3.58. The van der Waals surface area contributed by atoms with E-state index in [9.17, 15) is 13.2 Å². The van der Waals surface area contributed by atoms with Crippen molar-refractivity contribution in [3.8, 4) is 5.75 Å². The molecule has 0 aliphatic rings. The molecule has 0 heterocycles. The number of carbonyl (C=O) groups is 1. The molecule has 7 nitrogen and oxygen atoms in total. The lowest BCUT2D eigenvalue weighted by molar-refractivity contribution is -0.121. The summed E-state index contributed by atoms with van der Waals surface area (Å²) >= 11 is 5.79. The number of methoxy groups -OCH3 is 1. The number of hydrazone groups is 1. The smallest absolute Gasteiger partial charge is 0.255 e. The van der Waals surface area contributed by atoms with Gasteiger partial charge in [-0.2, -0.15) is 9.41 Å². The number of hydrogen-bond acceptors (Lipinski definition) is 5. The highest BCUT2D eigenvalue weighted by Crippen LogP contribution is 2.23. The third kappa shape index (κ3) is 5.53. The van der Waals surface area contributed by atoms with Crippen LogP contribution >= 0.6 is 11.6 Å². The van der Waals surface area contributed by atoms with Gasteiger partial charge in [0.25, 0.3) is 5.91 Å². The Balaban J connectivity index is 2.00. The molecule has 0 saturated carbocycles. The number of amides is 1. The van der Waals surface area contributed by atoms with Crippen molar-refractivity contribution in [2.45, 2.75) is 11.8 Å². The molecule has 0 aromatic heterocycles. The number of sulfonamides is 1. The minimum Gasteiger partial charge on any atom is -0.496 e. The topological polar surface area (TPSA) is 88.1 Å². The molecule has 27 heavy (non-hydrogen) atoms. The number of hydrogen-bond donors (Lipinski definition) is 1. The monoisotopic (exact) mass is 409 g/mol. The Bertz CT molecular complexity index is 944. The molecule has 0 saturated heterocycles. The van der Waals surface area contributed by atoms with Gasteiger partial charge in [0.05, 0.1) is 24.8 Å². The molecule has 0 aliphatic heterocycles. The molecule has 0 spiro atoms. The summed E-state index contributed by atoms with van der Waals surface area (Å²) in [6.07, 6.45) is 1.44. The highest BCUT2D eigenvalue weighted by Gasteiger charge is 2.23. The van der Waals surface area contributed by atoms with Crippen molar-refractivity contribution in [3.63, 3.8) is 0 Å². The first-order chi connectivity index (χ1) is 12.7. The number of halogens is 1. The standard InChI is InChI=1S/C18H20ClN3O4S/c1-13-10-16(8-9-17(13)26-3)27(24,25)22(2)12-18(23)21-20-11-14-4-6-15(19)7-5-14/h4-11H,12H2,1-3H3,(H,21,23)/b20-11-. The van der Waals surface area contributed by atoms with Gasteiger partial charge in [0.2, 0.25) is 10.0 Å². The summed E-state index contributed by atoms with van der Waals surface area (Å²) in [6, 6.07) is 11.4. The number of likely N-dealkylation sites (N-methyl/N-ethyl adjacent to an activating group) is 1. The molecule has 0 bridgehead atoms. The van der Waals surface area contributed by atoms with Crippen LogP contribution in [0.15, 0.2) is 52.5 Å². The molecule has 2 rings (SSSR count). The van der Waals surface area contributed by atoms with Gasteiger partial charge in [-0.3, -0.25) is 4.79 Å². The third-order valence-electron chi connectivity index (χ3n) is 3.71. The highest BCUT2D eigenvalue weighted by molar-refractivity contribution is 7.89. The minimum absolute atomic E-state index is 0.0840. The van der Waals surface area contributed by atoms with E-state index in [2.05, 4.69) is 10.5 Å². The van der Waals surface area contributed by atoms with Crippen LogP contribution in [0.1, 0.15) is 11.1 Å². The average Bonchev–Trinajstić information content (AvgIpc) is 2.63. The SMILES string of the molecule is COc1ccc(S(=O)(=O)N(C)CC(=O)N/N=C\c2ccc(Cl)cc2)cc1C. The van der Waals surface area contributed by atoms with Crippen LogP contribution in [0.2, 0.25) is 5.02 Å². The fraction of sp³-hybridized carbons (Fsp3) is 0.222. The molecule has 0 radical (unpaired) electrons. The Labute approximate surface area is 163 Å². The maximum absolute atomic E-state index is 12.6. The molecule has 0 fully saturated rings. The zero-order valence-corrected chi connectivity index (χ0v) is 16.7. The zero-order valence-electron chi connectivity index (χ0n) is 15.1. The van der Waals surface area contributed by atoms with Crippen molar-refractivity contribution >= 4 is 33.7 Å². The molecule has 2 aromatic carbocycles. The van der Waals surface area contributed by atoms with Crippen molar-refractivity contribution in [1.82, 2.24) is 9.73 Å². The van der Waals surface area contributed by atoms with E-state index in [4.69, 9.17) is 16.3 Å². The Morgan fingerprint density at radius 3 is 2.52 bits per heavy atom. The van der Waals surface area contributed by atoms with Crippen LogP contribution < -0.4 is 10.2 Å². The molecule has 1 amide bonds. The lowest BCUT2D eigenvalue weighted by Gasteiger charge is -2.17. The van der Waals surface area contributed by atoms with Crippen LogP contribution in [0.25, 0.3) is 0 Å². The first-order valence-corrected chi connectivity index (χ1v) is 9.74. The number of nitrogens with one attached hydrogen (secondary N) is 1. The number of rotatable bonds is 7. The van der Waals surface area contributed by atoms with E-state index in [1.165, 1.54) is 32.5 Å². The molecular formula is C18H20ClN3O4S. The third-order valence-corrected chi connectivity index (χ3v) is 5.76. The van der Waals surface area contributed by atoms with Crippen LogP contribution in [0, 0.1) is 6.92 Å². The fourth-order valence-electron chi connectivity index (χ4n) is 2.24. The molecule has 144 valence electrons. The number of ether oxygens (including phenoxy) is 1. The number of benzene rings is 2. The van der Waals surface area contributed by atoms with Crippen LogP contribution in [0.5, 0.6) is 5.75 Å². The highest BCUT2D eigenvalue weighted by atomic mass is 35.5. The Hall–Kier alpha value is -2.42. The van der Waals surface area contributed by atoms with Gasteiger partial charge in [-0.25, -0.2) is 13.8 Å². The molecule has 0 aliphatic carbocycles. The summed E-state index contributed by atoms with van der Waals surface area (Å²) in [5.41, 5.74) is 3.73. The largest absolute Gasteiger partial charge is 0.496 e. The first kappa shape index (κ1) is 20.9. The van der Waals surface area contributed by atoms with Gasteiger partial charge in [-0.05, 0) is 48.4 Å². The molecule has 0 unspecified atom stereocenters. The normalized spacial score (nSPS) is 11.7. The van der Waals surface area contributed by atoms with Gasteiger partial charge in [0.1, 0.15) is 5.75 Å². The van der Waals surface area contributed by atoms with Crippen LogP contribution in [-0.2, 0) is 14.8 Å². The van der Waals surface area contributed by atoms with E-state index in [0.717, 1.165) is 9.87 Å². The molecule has 9 heteroatoms. The van der Waals surface area contributed by atoms with E-state index in [1.54, 1.807) is 37.3 Å². The summed E-state index contributed by atoms with van der Waals surface area (Å²) < 4.78 is 31.3. The predicted molar refractivity (Wildman–Crippen MR) is 105 cm³/mol. The van der Waals surface area contributed by atoms with Gasteiger partial charge < -0.3 is 4.74 Å². The Morgan fingerprint density at radius 1 is 1.26 bits per heavy atom. The lowest BCUT2D eigenvalue weighted by Crippen LogP contribution is -2.36. The van der Waals surface area contributed by atoms with E-state index < -0.39 is 15.9 Å². The Morgan fingerprint density at radius 2 is 1.93 bits per heavy atom. The van der Waals surface area contributed by atoms with Gasteiger partial charge in [0.15, 0.2) is 0 Å². The Kier molecular flexibility index (Phi) is 6.95. The van der Waals surface area contributed by atoms with Crippen molar-refractivity contribution in [1.29, 1.82) is 0 Å². The van der Waals surface area contributed by atoms with Gasteiger partial charge in [-0.15, -0.1) is 0 Å². The van der Waals surface area contributed by atoms with Gasteiger partial charge >= 0.3 is 0 Å². The minimum atomic E-state index is -3.81. The quantitative estimate of drug-likeness (QED) is 0.562. The van der Waals surface area contributed by atoms with Crippen LogP contribution in [0.3, 0.4) is 0 Å². The summed E-state index contributed by atoms with van der Waals surface area (Å²) in [5.74, 6) is 0.0300. The van der Waals surface area contributed by atoms with Gasteiger partial charge in [0, 0.05) is 12.1 Å². The summed E-state index contributed by atoms with van der Waals surface area (Å²) in [5, 5.41) is 4.40. The summed E-state index contributed by atoms with van der Waals surface area (Å²) in [7, 11) is -0.971.